The van der Waals surface area contributed by atoms with Gasteiger partial charge in [-0.25, -0.2) is 4.79 Å². The summed E-state index contributed by atoms with van der Waals surface area (Å²) in [7, 11) is 1.61. The van der Waals surface area contributed by atoms with Crippen molar-refractivity contribution in [2.24, 2.45) is 4.99 Å². The SMILES string of the molecule is COc1ccc(C2=NC(C)(c3ccc(Cl)cc3)C(c3ccc(Cl)cc3)N2C(=O)N2CCN(CC(=O)N3CCOCC3)CC2)c(OC(C)C)c1. The van der Waals surface area contributed by atoms with Gasteiger partial charge in [0, 0.05) is 55.4 Å². The molecule has 2 fully saturated rings. The first-order valence-electron chi connectivity index (χ1n) is 16.7. The Kier molecular flexibility index (Phi) is 10.7. The molecule has 3 amide bonds. The van der Waals surface area contributed by atoms with Crippen molar-refractivity contribution in [2.75, 3.05) is 66.1 Å². The number of morpholine rings is 1. The fourth-order valence-electron chi connectivity index (χ4n) is 6.75. The number of amidine groups is 1. The van der Waals surface area contributed by atoms with Gasteiger partial charge in [0.2, 0.25) is 5.91 Å². The van der Waals surface area contributed by atoms with Crippen LogP contribution in [0.4, 0.5) is 4.79 Å². The van der Waals surface area contributed by atoms with E-state index < -0.39 is 11.6 Å². The standard InChI is InChI=1S/C37H43Cl2N5O5/c1-25(2)49-32-23-30(47-4)13-14-31(32)35-40-37(3,27-7-11-29(39)12-8-27)34(26-5-9-28(38)10-6-26)44(35)36(46)43-17-15-41(16-18-43)24-33(45)42-19-21-48-22-20-42/h5-14,23,25,34H,15-22,24H2,1-4H3. The van der Waals surface area contributed by atoms with Gasteiger partial charge in [-0.1, -0.05) is 47.5 Å². The van der Waals surface area contributed by atoms with Gasteiger partial charge in [-0.3, -0.25) is 19.6 Å². The number of amides is 3. The Morgan fingerprint density at radius 1 is 0.898 bits per heavy atom. The molecule has 0 N–H and O–H groups in total. The maximum Gasteiger partial charge on any atom is 0.326 e. The lowest BCUT2D eigenvalue weighted by molar-refractivity contribution is -0.136. The van der Waals surface area contributed by atoms with Gasteiger partial charge in [-0.15, -0.1) is 0 Å². The van der Waals surface area contributed by atoms with Crippen LogP contribution in [0.15, 0.2) is 71.7 Å². The van der Waals surface area contributed by atoms with E-state index in [1.807, 2.05) is 97.3 Å². The third-order valence-electron chi connectivity index (χ3n) is 9.34. The number of urea groups is 1. The average molecular weight is 709 g/mol. The molecule has 3 heterocycles. The number of piperazine rings is 1. The normalized spacial score (nSPS) is 21.6. The number of nitrogens with zero attached hydrogens (tertiary/aromatic N) is 5. The lowest BCUT2D eigenvalue weighted by Gasteiger charge is -2.41. The van der Waals surface area contributed by atoms with Crippen molar-refractivity contribution in [1.29, 1.82) is 0 Å². The first-order chi connectivity index (χ1) is 23.6. The smallest absolute Gasteiger partial charge is 0.326 e. The summed E-state index contributed by atoms with van der Waals surface area (Å²) in [5.74, 6) is 1.78. The van der Waals surface area contributed by atoms with Crippen molar-refractivity contribution in [3.8, 4) is 11.5 Å². The number of hydrogen-bond acceptors (Lipinski definition) is 7. The van der Waals surface area contributed by atoms with Crippen molar-refractivity contribution in [2.45, 2.75) is 38.5 Å². The third-order valence-corrected chi connectivity index (χ3v) is 9.84. The number of aliphatic imine (C=N–C) groups is 1. The van der Waals surface area contributed by atoms with Crippen LogP contribution in [0, 0.1) is 0 Å². The van der Waals surface area contributed by atoms with Crippen LogP contribution in [0.5, 0.6) is 11.5 Å². The number of methoxy groups -OCH3 is 1. The van der Waals surface area contributed by atoms with E-state index in [-0.39, 0.29) is 18.0 Å². The highest BCUT2D eigenvalue weighted by molar-refractivity contribution is 6.30. The van der Waals surface area contributed by atoms with E-state index >= 15 is 0 Å². The number of hydrogen-bond donors (Lipinski definition) is 0. The molecule has 3 aliphatic heterocycles. The Morgan fingerprint density at radius 2 is 1.53 bits per heavy atom. The second-order valence-corrected chi connectivity index (χ2v) is 13.9. The summed E-state index contributed by atoms with van der Waals surface area (Å²) >= 11 is 12.7. The van der Waals surface area contributed by atoms with Crippen LogP contribution in [0.2, 0.25) is 10.0 Å². The van der Waals surface area contributed by atoms with Crippen LogP contribution in [-0.4, -0.2) is 110 Å². The van der Waals surface area contributed by atoms with Crippen molar-refractivity contribution < 1.29 is 23.8 Å². The molecule has 3 aliphatic rings. The molecule has 12 heteroatoms. The molecule has 0 aliphatic carbocycles. The van der Waals surface area contributed by atoms with Crippen molar-refractivity contribution in [1.82, 2.24) is 19.6 Å². The summed E-state index contributed by atoms with van der Waals surface area (Å²) in [6.07, 6.45) is -0.139. The predicted molar refractivity (Wildman–Crippen MR) is 191 cm³/mol. The highest BCUT2D eigenvalue weighted by Crippen LogP contribution is 2.50. The molecule has 2 saturated heterocycles. The summed E-state index contributed by atoms with van der Waals surface area (Å²) < 4.78 is 17.3. The van der Waals surface area contributed by atoms with Gasteiger partial charge >= 0.3 is 6.03 Å². The molecule has 0 bridgehead atoms. The molecular formula is C37H43Cl2N5O5. The molecule has 10 nitrogen and oxygen atoms in total. The fourth-order valence-corrected chi connectivity index (χ4v) is 7.00. The minimum Gasteiger partial charge on any atom is -0.497 e. The summed E-state index contributed by atoms with van der Waals surface area (Å²) in [6, 6.07) is 20.1. The highest BCUT2D eigenvalue weighted by atomic mass is 35.5. The number of carbonyl (C=O) groups excluding carboxylic acids is 2. The molecular weight excluding hydrogens is 665 g/mol. The summed E-state index contributed by atoms with van der Waals surface area (Å²) in [5, 5.41) is 1.21. The molecule has 49 heavy (non-hydrogen) atoms. The molecule has 0 aromatic heterocycles. The van der Waals surface area contributed by atoms with E-state index in [4.69, 9.17) is 42.4 Å². The van der Waals surface area contributed by atoms with E-state index in [1.54, 1.807) is 12.0 Å². The minimum absolute atomic E-state index is 0.0933. The molecule has 2 atom stereocenters. The fraction of sp³-hybridized carbons (Fsp3) is 0.432. The van der Waals surface area contributed by atoms with Crippen LogP contribution in [0.3, 0.4) is 0 Å². The lowest BCUT2D eigenvalue weighted by atomic mass is 9.81. The minimum atomic E-state index is -0.912. The van der Waals surface area contributed by atoms with Gasteiger partial charge in [0.05, 0.1) is 44.6 Å². The first kappa shape index (κ1) is 35.0. The lowest BCUT2D eigenvalue weighted by Crippen LogP contribution is -2.56. The number of halogens is 2. The number of carbonyl (C=O) groups is 2. The molecule has 3 aromatic rings. The zero-order valence-corrected chi connectivity index (χ0v) is 29.9. The van der Waals surface area contributed by atoms with E-state index in [9.17, 15) is 9.59 Å². The molecule has 3 aromatic carbocycles. The largest absolute Gasteiger partial charge is 0.497 e. The summed E-state index contributed by atoms with van der Waals surface area (Å²) in [6.45, 7) is 10.7. The third kappa shape index (κ3) is 7.52. The molecule has 260 valence electrons. The topological polar surface area (TPSA) is 87.2 Å². The van der Waals surface area contributed by atoms with Crippen molar-refractivity contribution in [3.63, 3.8) is 0 Å². The predicted octanol–water partition coefficient (Wildman–Crippen LogP) is 6.10. The highest BCUT2D eigenvalue weighted by Gasteiger charge is 2.52. The van der Waals surface area contributed by atoms with Crippen molar-refractivity contribution >= 4 is 41.0 Å². The maximum absolute atomic E-state index is 15.0. The number of benzene rings is 3. The van der Waals surface area contributed by atoms with E-state index in [1.165, 1.54) is 0 Å². The van der Waals surface area contributed by atoms with E-state index in [0.717, 1.165) is 11.1 Å². The molecule has 2 unspecified atom stereocenters. The van der Waals surface area contributed by atoms with Crippen LogP contribution >= 0.6 is 23.2 Å². The van der Waals surface area contributed by atoms with Gasteiger partial charge in [0.25, 0.3) is 0 Å². The monoisotopic (exact) mass is 707 g/mol. The van der Waals surface area contributed by atoms with Gasteiger partial charge < -0.3 is 24.0 Å². The van der Waals surface area contributed by atoms with Gasteiger partial charge in [0.1, 0.15) is 22.9 Å². The number of rotatable bonds is 8. The Balaban J connectivity index is 1.39. The average Bonchev–Trinajstić information content (AvgIpc) is 3.42. The zero-order chi connectivity index (χ0) is 34.7. The van der Waals surface area contributed by atoms with Crippen LogP contribution in [-0.2, 0) is 15.1 Å². The van der Waals surface area contributed by atoms with Gasteiger partial charge in [0.15, 0.2) is 0 Å². The Morgan fingerprint density at radius 3 is 2.14 bits per heavy atom. The molecule has 0 saturated carbocycles. The Labute approximate surface area is 298 Å². The van der Waals surface area contributed by atoms with Crippen LogP contribution in [0.1, 0.15) is 43.5 Å². The van der Waals surface area contributed by atoms with Gasteiger partial charge in [-0.05, 0) is 68.3 Å². The van der Waals surface area contributed by atoms with E-state index in [2.05, 4.69) is 4.90 Å². The second kappa shape index (κ2) is 15.0. The van der Waals surface area contributed by atoms with Crippen molar-refractivity contribution in [3.05, 3.63) is 93.5 Å². The summed E-state index contributed by atoms with van der Waals surface area (Å²) in [4.78, 5) is 41.0. The molecule has 0 spiro atoms. The Hall–Kier alpha value is -3.83. The second-order valence-electron chi connectivity index (χ2n) is 13.0. The Bertz CT molecular complexity index is 1670. The van der Waals surface area contributed by atoms with Crippen LogP contribution in [0.25, 0.3) is 0 Å². The zero-order valence-electron chi connectivity index (χ0n) is 28.4. The van der Waals surface area contributed by atoms with E-state index in [0.29, 0.717) is 92.0 Å². The van der Waals surface area contributed by atoms with Gasteiger partial charge in [-0.2, -0.15) is 0 Å². The first-order valence-corrected chi connectivity index (χ1v) is 17.5. The quantitative estimate of drug-likeness (QED) is 0.281. The molecule has 0 radical (unpaired) electrons. The summed E-state index contributed by atoms with van der Waals surface area (Å²) in [5.41, 5.74) is 1.54. The maximum atomic E-state index is 15.0. The number of ether oxygens (including phenoxy) is 3. The molecule has 6 rings (SSSR count). The van der Waals surface area contributed by atoms with Crippen LogP contribution < -0.4 is 9.47 Å².